The van der Waals surface area contributed by atoms with Gasteiger partial charge in [0.25, 0.3) is 5.91 Å². The van der Waals surface area contributed by atoms with Crippen LogP contribution in [-0.2, 0) is 0 Å². The molecule has 0 fully saturated rings. The van der Waals surface area contributed by atoms with E-state index in [4.69, 9.17) is 16.3 Å². The lowest BCUT2D eigenvalue weighted by atomic mass is 10.00. The summed E-state index contributed by atoms with van der Waals surface area (Å²) in [5.41, 5.74) is 1.36. The van der Waals surface area contributed by atoms with Crippen molar-refractivity contribution in [2.24, 2.45) is 0 Å². The molecule has 2 rings (SSSR count). The third kappa shape index (κ3) is 4.19. The molecule has 1 amide bonds. The molecule has 116 valence electrons. The van der Waals surface area contributed by atoms with E-state index in [0.717, 1.165) is 11.3 Å². The molecule has 1 aromatic heterocycles. The molecule has 0 spiro atoms. The van der Waals surface area contributed by atoms with Crippen LogP contribution < -0.4 is 10.1 Å². The number of ether oxygens (including phenoxy) is 1. The van der Waals surface area contributed by atoms with Gasteiger partial charge < -0.3 is 15.2 Å². The number of aliphatic hydroxyl groups excluding tert-OH is 1. The smallest absolute Gasteiger partial charge is 0.251 e. The molecule has 0 radical (unpaired) electrons. The van der Waals surface area contributed by atoms with Crippen molar-refractivity contribution in [3.63, 3.8) is 0 Å². The SMILES string of the molecule is COc1ccc([C@H](CO)CNC(=O)c2ccnc(Cl)c2)cc1. The Hall–Kier alpha value is -2.11. The third-order valence-electron chi connectivity index (χ3n) is 3.31. The Bertz CT molecular complexity index is 632. The number of carbonyl (C=O) groups is 1. The van der Waals surface area contributed by atoms with Gasteiger partial charge in [0.2, 0.25) is 0 Å². The minimum Gasteiger partial charge on any atom is -0.497 e. The molecule has 1 aromatic carbocycles. The van der Waals surface area contributed by atoms with Crippen molar-refractivity contribution in [1.82, 2.24) is 10.3 Å². The van der Waals surface area contributed by atoms with Gasteiger partial charge in [-0.05, 0) is 29.8 Å². The van der Waals surface area contributed by atoms with Gasteiger partial charge in [0.15, 0.2) is 0 Å². The summed E-state index contributed by atoms with van der Waals surface area (Å²) in [7, 11) is 1.60. The van der Waals surface area contributed by atoms with E-state index < -0.39 is 0 Å². The number of nitrogens with one attached hydrogen (secondary N) is 1. The van der Waals surface area contributed by atoms with Gasteiger partial charge in [-0.3, -0.25) is 4.79 Å². The second-order valence-corrected chi connectivity index (χ2v) is 5.12. The van der Waals surface area contributed by atoms with Gasteiger partial charge in [0.05, 0.1) is 13.7 Å². The molecular formula is C16H17ClN2O3. The van der Waals surface area contributed by atoms with Gasteiger partial charge in [-0.15, -0.1) is 0 Å². The predicted molar refractivity (Wildman–Crippen MR) is 84.4 cm³/mol. The van der Waals surface area contributed by atoms with Crippen LogP contribution in [0.15, 0.2) is 42.6 Å². The first-order valence-corrected chi connectivity index (χ1v) is 7.16. The second-order valence-electron chi connectivity index (χ2n) is 4.73. The monoisotopic (exact) mass is 320 g/mol. The number of hydrogen-bond acceptors (Lipinski definition) is 4. The fourth-order valence-electron chi connectivity index (χ4n) is 2.03. The minimum atomic E-state index is -0.253. The maximum atomic E-state index is 12.0. The second kappa shape index (κ2) is 7.77. The standard InChI is InChI=1S/C16H17ClN2O3/c1-22-14-4-2-11(3-5-14)13(10-20)9-19-16(21)12-6-7-18-15(17)8-12/h2-8,13,20H,9-10H2,1H3,(H,19,21)/t13-/m0/s1. The summed E-state index contributed by atoms with van der Waals surface area (Å²) in [5.74, 6) is 0.305. The van der Waals surface area contributed by atoms with Crippen molar-refractivity contribution in [2.45, 2.75) is 5.92 Å². The largest absolute Gasteiger partial charge is 0.497 e. The number of halogens is 1. The van der Waals surface area contributed by atoms with E-state index in [2.05, 4.69) is 10.3 Å². The summed E-state index contributed by atoms with van der Waals surface area (Å²) in [6.45, 7) is 0.255. The van der Waals surface area contributed by atoms with Crippen molar-refractivity contribution >= 4 is 17.5 Å². The average molecular weight is 321 g/mol. The summed E-state index contributed by atoms with van der Waals surface area (Å²) in [4.78, 5) is 15.9. The lowest BCUT2D eigenvalue weighted by molar-refractivity contribution is 0.0947. The van der Waals surface area contributed by atoms with Crippen molar-refractivity contribution in [3.05, 3.63) is 58.9 Å². The maximum absolute atomic E-state index is 12.0. The van der Waals surface area contributed by atoms with Crippen molar-refractivity contribution in [3.8, 4) is 5.75 Å². The highest BCUT2D eigenvalue weighted by atomic mass is 35.5. The Kier molecular flexibility index (Phi) is 5.75. The zero-order chi connectivity index (χ0) is 15.9. The number of pyridine rings is 1. The third-order valence-corrected chi connectivity index (χ3v) is 3.51. The molecular weight excluding hydrogens is 304 g/mol. The molecule has 0 aliphatic heterocycles. The van der Waals surface area contributed by atoms with Gasteiger partial charge in [0, 0.05) is 24.2 Å². The topological polar surface area (TPSA) is 71.5 Å². The van der Waals surface area contributed by atoms with Crippen LogP contribution >= 0.6 is 11.6 Å². The van der Waals surface area contributed by atoms with Crippen LogP contribution in [0.2, 0.25) is 5.15 Å². The number of benzene rings is 1. The summed E-state index contributed by atoms with van der Waals surface area (Å²) in [5, 5.41) is 12.6. The number of hydrogen-bond donors (Lipinski definition) is 2. The van der Waals surface area contributed by atoms with E-state index in [9.17, 15) is 9.90 Å². The molecule has 6 heteroatoms. The van der Waals surface area contributed by atoms with Crippen molar-refractivity contribution in [2.75, 3.05) is 20.3 Å². The van der Waals surface area contributed by atoms with Gasteiger partial charge in [-0.25, -0.2) is 4.98 Å². The van der Waals surface area contributed by atoms with E-state index in [1.165, 1.54) is 12.3 Å². The van der Waals surface area contributed by atoms with Crippen molar-refractivity contribution < 1.29 is 14.6 Å². The molecule has 1 heterocycles. The average Bonchev–Trinajstić information content (AvgIpc) is 2.55. The Morgan fingerprint density at radius 1 is 1.36 bits per heavy atom. The zero-order valence-corrected chi connectivity index (χ0v) is 12.9. The molecule has 2 N–H and O–H groups in total. The van der Waals surface area contributed by atoms with E-state index in [-0.39, 0.29) is 23.6 Å². The maximum Gasteiger partial charge on any atom is 0.251 e. The fraction of sp³-hybridized carbons (Fsp3) is 0.250. The number of methoxy groups -OCH3 is 1. The Balaban J connectivity index is 1.99. The summed E-state index contributed by atoms with van der Waals surface area (Å²) < 4.78 is 5.10. The summed E-state index contributed by atoms with van der Waals surface area (Å²) in [6, 6.07) is 10.5. The van der Waals surface area contributed by atoms with Gasteiger partial charge in [-0.1, -0.05) is 23.7 Å². The van der Waals surface area contributed by atoms with Crippen LogP contribution in [0.1, 0.15) is 21.8 Å². The van der Waals surface area contributed by atoms with E-state index in [0.29, 0.717) is 12.1 Å². The Morgan fingerprint density at radius 2 is 2.09 bits per heavy atom. The molecule has 0 bridgehead atoms. The molecule has 0 aliphatic rings. The normalized spacial score (nSPS) is 11.8. The molecule has 2 aromatic rings. The van der Waals surface area contributed by atoms with Gasteiger partial charge in [-0.2, -0.15) is 0 Å². The number of nitrogens with zero attached hydrogens (tertiary/aromatic N) is 1. The highest BCUT2D eigenvalue weighted by molar-refractivity contribution is 6.29. The number of rotatable bonds is 6. The Labute approximate surface area is 133 Å². The van der Waals surface area contributed by atoms with Crippen LogP contribution in [-0.4, -0.2) is 36.3 Å². The Morgan fingerprint density at radius 3 is 2.68 bits per heavy atom. The summed E-state index contributed by atoms with van der Waals surface area (Å²) >= 11 is 5.76. The van der Waals surface area contributed by atoms with Gasteiger partial charge >= 0.3 is 0 Å². The molecule has 0 unspecified atom stereocenters. The van der Waals surface area contributed by atoms with Crippen LogP contribution in [0.25, 0.3) is 0 Å². The highest BCUT2D eigenvalue weighted by Crippen LogP contribution is 2.19. The van der Waals surface area contributed by atoms with Gasteiger partial charge in [0.1, 0.15) is 10.9 Å². The molecule has 5 nitrogen and oxygen atoms in total. The fourth-order valence-corrected chi connectivity index (χ4v) is 2.20. The molecule has 22 heavy (non-hydrogen) atoms. The molecule has 0 saturated carbocycles. The first-order valence-electron chi connectivity index (χ1n) is 6.78. The van der Waals surface area contributed by atoms with Crippen LogP contribution in [0.3, 0.4) is 0 Å². The number of aliphatic hydroxyl groups is 1. The quantitative estimate of drug-likeness (QED) is 0.801. The lowest BCUT2D eigenvalue weighted by Crippen LogP contribution is -2.29. The number of aromatic nitrogens is 1. The molecule has 1 atom stereocenters. The first kappa shape index (κ1) is 16.3. The van der Waals surface area contributed by atoms with Crippen LogP contribution in [0.5, 0.6) is 5.75 Å². The number of carbonyl (C=O) groups excluding carboxylic acids is 1. The van der Waals surface area contributed by atoms with Crippen LogP contribution in [0.4, 0.5) is 0 Å². The van der Waals surface area contributed by atoms with E-state index >= 15 is 0 Å². The molecule has 0 aliphatic carbocycles. The minimum absolute atomic E-state index is 0.0658. The summed E-state index contributed by atoms with van der Waals surface area (Å²) in [6.07, 6.45) is 1.48. The first-order chi connectivity index (χ1) is 10.6. The van der Waals surface area contributed by atoms with E-state index in [1.54, 1.807) is 13.2 Å². The molecule has 0 saturated heterocycles. The van der Waals surface area contributed by atoms with E-state index in [1.807, 2.05) is 24.3 Å². The lowest BCUT2D eigenvalue weighted by Gasteiger charge is -2.16. The highest BCUT2D eigenvalue weighted by Gasteiger charge is 2.13. The predicted octanol–water partition coefficient (Wildman–Crippen LogP) is 2.25. The zero-order valence-electron chi connectivity index (χ0n) is 12.1. The van der Waals surface area contributed by atoms with Crippen LogP contribution in [0, 0.1) is 0 Å². The van der Waals surface area contributed by atoms with Crippen molar-refractivity contribution in [1.29, 1.82) is 0 Å². The number of amides is 1.